The van der Waals surface area contributed by atoms with Gasteiger partial charge in [-0.15, -0.1) is 0 Å². The lowest BCUT2D eigenvalue weighted by molar-refractivity contribution is 0.425. The average molecular weight is 233 g/mol. The second kappa shape index (κ2) is 4.27. The summed E-state index contributed by atoms with van der Waals surface area (Å²) in [4.78, 5) is -0.533. The summed E-state index contributed by atoms with van der Waals surface area (Å²) in [5.74, 6) is -1.03. The van der Waals surface area contributed by atoms with E-state index < -0.39 is 27.9 Å². The van der Waals surface area contributed by atoms with Gasteiger partial charge in [0.15, 0.2) is 0 Å². The zero-order valence-corrected chi connectivity index (χ0v) is 8.62. The second-order valence-corrected chi connectivity index (χ2v) is 4.63. The highest BCUT2D eigenvalue weighted by Crippen LogP contribution is 2.11. The van der Waals surface area contributed by atoms with E-state index in [0.29, 0.717) is 0 Å². The molecule has 82 valence electrons. The molecule has 0 saturated carbocycles. The Balaban J connectivity index is 3.26. The predicted molar refractivity (Wildman–Crippen MR) is 52.5 cm³/mol. The van der Waals surface area contributed by atoms with Gasteiger partial charge in [0.2, 0.25) is 10.0 Å². The Hall–Kier alpha value is -0.955. The number of rotatable bonds is 3. The van der Waals surface area contributed by atoms with Crippen molar-refractivity contribution >= 4 is 22.6 Å². The molecule has 0 atom stereocenters. The Bertz CT molecular complexity index is 462. The SMILES string of the molecule is CNS(=O)(=O)c1ccc(B(O)O)cc1F. The first kappa shape index (κ1) is 12.1. The van der Waals surface area contributed by atoms with Gasteiger partial charge in [0.25, 0.3) is 0 Å². The standard InChI is InChI=1S/C7H9BFNO4S/c1-10-15(13,14)7-3-2-5(8(11)12)4-6(7)9/h2-4,10-12H,1H3. The van der Waals surface area contributed by atoms with E-state index in [1.54, 1.807) is 0 Å². The predicted octanol–water partition coefficient (Wildman–Crippen LogP) is -1.59. The maximum absolute atomic E-state index is 13.3. The molecular formula is C7H9BFNO4S. The molecule has 3 N–H and O–H groups in total. The lowest BCUT2D eigenvalue weighted by Gasteiger charge is -2.05. The van der Waals surface area contributed by atoms with E-state index in [1.807, 2.05) is 4.72 Å². The molecule has 0 amide bonds. The first-order valence-corrected chi connectivity index (χ1v) is 5.46. The number of nitrogens with one attached hydrogen (secondary N) is 1. The summed E-state index contributed by atoms with van der Waals surface area (Å²) in [5.41, 5.74) is -0.109. The van der Waals surface area contributed by atoms with Gasteiger partial charge in [-0.25, -0.2) is 17.5 Å². The summed E-state index contributed by atoms with van der Waals surface area (Å²) in [7, 11) is -4.53. The number of sulfonamides is 1. The van der Waals surface area contributed by atoms with Crippen LogP contribution in [0.25, 0.3) is 0 Å². The number of halogens is 1. The lowest BCUT2D eigenvalue weighted by Crippen LogP contribution is -2.31. The Morgan fingerprint density at radius 2 is 2.00 bits per heavy atom. The van der Waals surface area contributed by atoms with Crippen LogP contribution in [0.15, 0.2) is 23.1 Å². The quantitative estimate of drug-likeness (QED) is 0.549. The average Bonchev–Trinajstić information content (AvgIpc) is 2.17. The van der Waals surface area contributed by atoms with Gasteiger partial charge < -0.3 is 10.0 Å². The molecule has 0 unspecified atom stereocenters. The van der Waals surface area contributed by atoms with Gasteiger partial charge in [0.05, 0.1) is 0 Å². The van der Waals surface area contributed by atoms with Crippen LogP contribution >= 0.6 is 0 Å². The third-order valence-corrected chi connectivity index (χ3v) is 3.26. The van der Waals surface area contributed by atoms with Crippen LogP contribution < -0.4 is 10.2 Å². The van der Waals surface area contributed by atoms with Crippen molar-refractivity contribution in [2.45, 2.75) is 4.90 Å². The fourth-order valence-electron chi connectivity index (χ4n) is 1.01. The van der Waals surface area contributed by atoms with Crippen LogP contribution in [0.3, 0.4) is 0 Å². The summed E-state index contributed by atoms with van der Waals surface area (Å²) >= 11 is 0. The molecule has 15 heavy (non-hydrogen) atoms. The van der Waals surface area contributed by atoms with Crippen molar-refractivity contribution in [2.75, 3.05) is 7.05 Å². The maximum Gasteiger partial charge on any atom is 0.488 e. The van der Waals surface area contributed by atoms with Crippen LogP contribution in [0.2, 0.25) is 0 Å². The molecule has 0 saturated heterocycles. The van der Waals surface area contributed by atoms with Gasteiger partial charge in [0.1, 0.15) is 10.7 Å². The highest BCUT2D eigenvalue weighted by molar-refractivity contribution is 7.89. The minimum absolute atomic E-state index is 0.109. The van der Waals surface area contributed by atoms with Crippen molar-refractivity contribution in [1.82, 2.24) is 4.72 Å². The van der Waals surface area contributed by atoms with E-state index >= 15 is 0 Å². The first-order valence-electron chi connectivity index (χ1n) is 3.97. The van der Waals surface area contributed by atoms with Crippen molar-refractivity contribution < 1.29 is 22.9 Å². The molecule has 0 aliphatic heterocycles. The molecule has 8 heteroatoms. The molecule has 0 aromatic heterocycles. The second-order valence-electron chi connectivity index (χ2n) is 2.77. The normalized spacial score (nSPS) is 11.5. The zero-order chi connectivity index (χ0) is 11.6. The third kappa shape index (κ3) is 2.54. The van der Waals surface area contributed by atoms with Crippen molar-refractivity contribution in [2.24, 2.45) is 0 Å². The molecule has 0 aliphatic carbocycles. The van der Waals surface area contributed by atoms with Gasteiger partial charge in [0, 0.05) is 0 Å². The molecule has 5 nitrogen and oxygen atoms in total. The van der Waals surface area contributed by atoms with E-state index in [9.17, 15) is 12.8 Å². The lowest BCUT2D eigenvalue weighted by atomic mass is 9.80. The maximum atomic E-state index is 13.3. The van der Waals surface area contributed by atoms with Crippen molar-refractivity contribution in [1.29, 1.82) is 0 Å². The van der Waals surface area contributed by atoms with Crippen LogP contribution in [-0.2, 0) is 10.0 Å². The Morgan fingerprint density at radius 1 is 1.40 bits per heavy atom. The van der Waals surface area contributed by atoms with Crippen molar-refractivity contribution in [3.05, 3.63) is 24.0 Å². The molecule has 0 heterocycles. The Kier molecular flexibility index (Phi) is 3.45. The Labute approximate surface area is 86.8 Å². The number of hydrogen-bond acceptors (Lipinski definition) is 4. The molecule has 1 rings (SSSR count). The first-order chi connectivity index (χ1) is 6.88. The monoisotopic (exact) mass is 233 g/mol. The van der Waals surface area contributed by atoms with Crippen LogP contribution in [-0.4, -0.2) is 32.6 Å². The molecular weight excluding hydrogens is 224 g/mol. The molecule has 0 bridgehead atoms. The van der Waals surface area contributed by atoms with E-state index in [-0.39, 0.29) is 5.46 Å². The summed E-state index contributed by atoms with van der Waals surface area (Å²) in [6, 6.07) is 2.85. The molecule has 0 fully saturated rings. The summed E-state index contributed by atoms with van der Waals surface area (Å²) < 4.78 is 37.7. The fourth-order valence-corrected chi connectivity index (χ4v) is 1.79. The van der Waals surface area contributed by atoms with Gasteiger partial charge in [-0.05, 0) is 24.6 Å². The van der Waals surface area contributed by atoms with E-state index in [4.69, 9.17) is 10.0 Å². The molecule has 0 spiro atoms. The van der Waals surface area contributed by atoms with Crippen LogP contribution in [0.5, 0.6) is 0 Å². The smallest absolute Gasteiger partial charge is 0.423 e. The third-order valence-electron chi connectivity index (χ3n) is 1.81. The minimum Gasteiger partial charge on any atom is -0.423 e. The molecule has 0 aliphatic rings. The molecule has 1 aromatic carbocycles. The highest BCUT2D eigenvalue weighted by Gasteiger charge is 2.20. The number of hydrogen-bond donors (Lipinski definition) is 3. The van der Waals surface area contributed by atoms with Crippen molar-refractivity contribution in [3.8, 4) is 0 Å². The fraction of sp³-hybridized carbons (Fsp3) is 0.143. The van der Waals surface area contributed by atoms with E-state index in [0.717, 1.165) is 25.2 Å². The van der Waals surface area contributed by atoms with E-state index in [2.05, 4.69) is 0 Å². The highest BCUT2D eigenvalue weighted by atomic mass is 32.2. The van der Waals surface area contributed by atoms with Crippen LogP contribution in [0, 0.1) is 5.82 Å². The van der Waals surface area contributed by atoms with Gasteiger partial charge >= 0.3 is 7.12 Å². The minimum atomic E-state index is -3.86. The van der Waals surface area contributed by atoms with Gasteiger partial charge in [-0.1, -0.05) is 6.07 Å². The zero-order valence-electron chi connectivity index (χ0n) is 7.81. The largest absolute Gasteiger partial charge is 0.488 e. The number of benzene rings is 1. The van der Waals surface area contributed by atoms with Gasteiger partial charge in [-0.3, -0.25) is 0 Å². The summed E-state index contributed by atoms with van der Waals surface area (Å²) in [6.07, 6.45) is 0. The van der Waals surface area contributed by atoms with Crippen LogP contribution in [0.1, 0.15) is 0 Å². The van der Waals surface area contributed by atoms with Crippen molar-refractivity contribution in [3.63, 3.8) is 0 Å². The van der Waals surface area contributed by atoms with Gasteiger partial charge in [-0.2, -0.15) is 0 Å². The summed E-state index contributed by atoms with van der Waals surface area (Å²) in [5, 5.41) is 17.4. The molecule has 1 aromatic rings. The Morgan fingerprint density at radius 3 is 2.40 bits per heavy atom. The van der Waals surface area contributed by atoms with E-state index in [1.165, 1.54) is 0 Å². The topological polar surface area (TPSA) is 86.6 Å². The molecule has 0 radical (unpaired) electrons. The summed E-state index contributed by atoms with van der Waals surface area (Å²) in [6.45, 7) is 0. The van der Waals surface area contributed by atoms with Crippen LogP contribution in [0.4, 0.5) is 4.39 Å².